The Hall–Kier alpha value is -2.14. The molecule has 2 aromatic rings. The molecule has 1 heterocycles. The van der Waals surface area contributed by atoms with Gasteiger partial charge in [0, 0.05) is 19.0 Å². The zero-order valence-electron chi connectivity index (χ0n) is 13.8. The van der Waals surface area contributed by atoms with Crippen LogP contribution in [0.25, 0.3) is 0 Å². The fraction of sp³-hybridized carbons (Fsp3) is 0.333. The molecule has 0 radical (unpaired) electrons. The molecule has 0 aliphatic rings. The van der Waals surface area contributed by atoms with Crippen molar-refractivity contribution in [3.63, 3.8) is 0 Å². The fourth-order valence-corrected chi connectivity index (χ4v) is 3.55. The standard InChI is InChI=1S/C15H15F3N4O2S2/c1-22(2)12(23)8-25-10-6-4-3-5-9(10)13(24)19-14-21-20-11(26-14)7-15(16,17)18/h3-6H,7-8H2,1-2H3,(H,19,21,24). The smallest absolute Gasteiger partial charge is 0.348 e. The second-order valence-corrected chi connectivity index (χ2v) is 7.40. The zero-order valence-corrected chi connectivity index (χ0v) is 15.5. The van der Waals surface area contributed by atoms with Gasteiger partial charge in [0.05, 0.1) is 17.7 Å². The largest absolute Gasteiger partial charge is 0.395 e. The van der Waals surface area contributed by atoms with Crippen LogP contribution in [0.5, 0.6) is 0 Å². The van der Waals surface area contributed by atoms with Crippen LogP contribution in [0.1, 0.15) is 15.4 Å². The molecule has 0 aliphatic heterocycles. The van der Waals surface area contributed by atoms with Crippen LogP contribution in [-0.4, -0.2) is 52.9 Å². The average molecular weight is 404 g/mol. The van der Waals surface area contributed by atoms with E-state index < -0.39 is 18.5 Å². The molecule has 2 amide bonds. The number of hydrogen-bond donors (Lipinski definition) is 1. The summed E-state index contributed by atoms with van der Waals surface area (Å²) in [6.07, 6.45) is -5.58. The number of nitrogens with one attached hydrogen (secondary N) is 1. The predicted octanol–water partition coefficient (Wildman–Crippen LogP) is 3.08. The van der Waals surface area contributed by atoms with E-state index in [-0.39, 0.29) is 21.8 Å². The maximum atomic E-state index is 12.4. The van der Waals surface area contributed by atoms with Crippen molar-refractivity contribution in [2.24, 2.45) is 0 Å². The SMILES string of the molecule is CN(C)C(=O)CSc1ccccc1C(=O)Nc1nnc(CC(F)(F)F)s1. The molecule has 0 atom stereocenters. The third-order valence-electron chi connectivity index (χ3n) is 3.02. The maximum Gasteiger partial charge on any atom is 0.395 e. The molecule has 0 unspecified atom stereocenters. The molecule has 1 N–H and O–H groups in total. The normalized spacial score (nSPS) is 11.3. The zero-order chi connectivity index (χ0) is 19.3. The molecule has 0 fully saturated rings. The molecule has 0 spiro atoms. The number of aromatic nitrogens is 2. The van der Waals surface area contributed by atoms with E-state index >= 15 is 0 Å². The molecule has 140 valence electrons. The number of halogens is 3. The Bertz CT molecular complexity index is 793. The predicted molar refractivity (Wildman–Crippen MR) is 93.5 cm³/mol. The first-order valence-electron chi connectivity index (χ1n) is 7.28. The van der Waals surface area contributed by atoms with Gasteiger partial charge in [0.25, 0.3) is 5.91 Å². The first kappa shape index (κ1) is 20.2. The lowest BCUT2D eigenvalue weighted by molar-refractivity contribution is -0.127. The number of nitrogens with zero attached hydrogens (tertiary/aromatic N) is 3. The Kier molecular flexibility index (Phi) is 6.59. The van der Waals surface area contributed by atoms with Crippen LogP contribution < -0.4 is 5.32 Å². The van der Waals surface area contributed by atoms with Crippen LogP contribution >= 0.6 is 23.1 Å². The van der Waals surface area contributed by atoms with E-state index in [1.807, 2.05) is 0 Å². The lowest BCUT2D eigenvalue weighted by Gasteiger charge is -2.11. The van der Waals surface area contributed by atoms with E-state index in [2.05, 4.69) is 15.5 Å². The van der Waals surface area contributed by atoms with Crippen LogP contribution in [0.15, 0.2) is 29.2 Å². The number of carbonyl (C=O) groups excluding carboxylic acids is 2. The Labute approximate surface area is 155 Å². The van der Waals surface area contributed by atoms with Gasteiger partial charge in [-0.1, -0.05) is 23.5 Å². The molecule has 0 saturated heterocycles. The van der Waals surface area contributed by atoms with Crippen LogP contribution in [0.2, 0.25) is 0 Å². The van der Waals surface area contributed by atoms with Crippen LogP contribution in [0.4, 0.5) is 18.3 Å². The van der Waals surface area contributed by atoms with Gasteiger partial charge in [-0.2, -0.15) is 13.2 Å². The quantitative estimate of drug-likeness (QED) is 0.749. The second-order valence-electron chi connectivity index (χ2n) is 5.32. The monoisotopic (exact) mass is 404 g/mol. The summed E-state index contributed by atoms with van der Waals surface area (Å²) in [4.78, 5) is 26.1. The minimum absolute atomic E-state index is 0.0154. The summed E-state index contributed by atoms with van der Waals surface area (Å²) in [5.41, 5.74) is 0.302. The van der Waals surface area contributed by atoms with E-state index in [0.717, 1.165) is 0 Å². The number of amides is 2. The number of alkyl halides is 3. The van der Waals surface area contributed by atoms with Gasteiger partial charge < -0.3 is 4.90 Å². The van der Waals surface area contributed by atoms with E-state index in [4.69, 9.17) is 0 Å². The number of rotatable bonds is 6. The molecule has 2 rings (SSSR count). The molecule has 6 nitrogen and oxygen atoms in total. The molecule has 11 heteroatoms. The fourth-order valence-electron chi connectivity index (χ4n) is 1.76. The number of carbonyl (C=O) groups is 2. The molecule has 26 heavy (non-hydrogen) atoms. The van der Waals surface area contributed by atoms with Gasteiger partial charge >= 0.3 is 6.18 Å². The van der Waals surface area contributed by atoms with Crippen LogP contribution in [-0.2, 0) is 11.2 Å². The van der Waals surface area contributed by atoms with Gasteiger partial charge in [0.15, 0.2) is 0 Å². The summed E-state index contributed by atoms with van der Waals surface area (Å²) in [7, 11) is 3.27. The lowest BCUT2D eigenvalue weighted by Crippen LogP contribution is -2.23. The highest BCUT2D eigenvalue weighted by molar-refractivity contribution is 8.00. The Morgan fingerprint density at radius 3 is 2.58 bits per heavy atom. The summed E-state index contributed by atoms with van der Waals surface area (Å²) in [5.74, 6) is -0.475. The van der Waals surface area contributed by atoms with E-state index in [1.54, 1.807) is 38.4 Å². The van der Waals surface area contributed by atoms with Gasteiger partial charge in [0.2, 0.25) is 11.0 Å². The Morgan fingerprint density at radius 1 is 1.23 bits per heavy atom. The van der Waals surface area contributed by atoms with Crippen molar-refractivity contribution < 1.29 is 22.8 Å². The summed E-state index contributed by atoms with van der Waals surface area (Å²) < 4.78 is 37.1. The number of thioether (sulfide) groups is 1. The minimum atomic E-state index is -4.39. The van der Waals surface area contributed by atoms with Crippen molar-refractivity contribution in [1.82, 2.24) is 15.1 Å². The number of anilines is 1. The van der Waals surface area contributed by atoms with Crippen molar-refractivity contribution in [2.45, 2.75) is 17.5 Å². The molecule has 0 saturated carbocycles. The second kappa shape index (κ2) is 8.49. The number of benzene rings is 1. The summed E-state index contributed by atoms with van der Waals surface area (Å²) in [5, 5.41) is 9.19. The van der Waals surface area contributed by atoms with E-state index in [0.29, 0.717) is 21.8 Å². The highest BCUT2D eigenvalue weighted by Crippen LogP contribution is 2.27. The molecular formula is C15H15F3N4O2S2. The molecule has 1 aromatic heterocycles. The Balaban J connectivity index is 2.07. The van der Waals surface area contributed by atoms with E-state index in [9.17, 15) is 22.8 Å². The van der Waals surface area contributed by atoms with Crippen LogP contribution in [0, 0.1) is 0 Å². The highest BCUT2D eigenvalue weighted by Gasteiger charge is 2.30. The van der Waals surface area contributed by atoms with Crippen molar-refractivity contribution in [1.29, 1.82) is 0 Å². The lowest BCUT2D eigenvalue weighted by atomic mass is 10.2. The highest BCUT2D eigenvalue weighted by atomic mass is 32.2. The molecule has 1 aromatic carbocycles. The molecule has 0 aliphatic carbocycles. The van der Waals surface area contributed by atoms with Crippen molar-refractivity contribution in [3.05, 3.63) is 34.8 Å². The van der Waals surface area contributed by atoms with Crippen molar-refractivity contribution in [2.75, 3.05) is 25.2 Å². The van der Waals surface area contributed by atoms with Crippen LogP contribution in [0.3, 0.4) is 0 Å². The topological polar surface area (TPSA) is 75.2 Å². The maximum absolute atomic E-state index is 12.4. The van der Waals surface area contributed by atoms with Crippen molar-refractivity contribution >= 4 is 40.0 Å². The van der Waals surface area contributed by atoms with Crippen molar-refractivity contribution in [3.8, 4) is 0 Å². The summed E-state index contributed by atoms with van der Waals surface area (Å²) in [6, 6.07) is 6.64. The van der Waals surface area contributed by atoms with Gasteiger partial charge in [-0.3, -0.25) is 14.9 Å². The first-order chi connectivity index (χ1) is 12.2. The average Bonchev–Trinajstić information content (AvgIpc) is 2.97. The van der Waals surface area contributed by atoms with Gasteiger partial charge in [0.1, 0.15) is 5.01 Å². The molecular weight excluding hydrogens is 389 g/mol. The third-order valence-corrected chi connectivity index (χ3v) is 4.92. The summed E-state index contributed by atoms with van der Waals surface area (Å²) in [6.45, 7) is 0. The minimum Gasteiger partial charge on any atom is -0.348 e. The Morgan fingerprint density at radius 2 is 1.92 bits per heavy atom. The van der Waals surface area contributed by atoms with Gasteiger partial charge in [-0.15, -0.1) is 22.0 Å². The van der Waals surface area contributed by atoms with Gasteiger partial charge in [-0.25, -0.2) is 0 Å². The molecule has 0 bridgehead atoms. The van der Waals surface area contributed by atoms with E-state index in [1.165, 1.54) is 16.7 Å². The third kappa shape index (κ3) is 5.99. The number of hydrogen-bond acceptors (Lipinski definition) is 6. The summed E-state index contributed by atoms with van der Waals surface area (Å²) >= 11 is 1.87. The first-order valence-corrected chi connectivity index (χ1v) is 9.08. The van der Waals surface area contributed by atoms with Gasteiger partial charge in [-0.05, 0) is 12.1 Å².